The highest BCUT2D eigenvalue weighted by Gasteiger charge is 2.20. The fraction of sp³-hybridized carbons (Fsp3) is 0.440. The van der Waals surface area contributed by atoms with Crippen LogP contribution in [-0.4, -0.2) is 37.1 Å². The number of carbonyl (C=O) groups is 2. The molecule has 198 valence electrons. The van der Waals surface area contributed by atoms with Crippen molar-refractivity contribution in [2.45, 2.75) is 70.1 Å². The van der Waals surface area contributed by atoms with E-state index in [-0.39, 0.29) is 33.6 Å². The smallest absolute Gasteiger partial charge is 0.394 e. The van der Waals surface area contributed by atoms with Crippen LogP contribution in [0.3, 0.4) is 0 Å². The van der Waals surface area contributed by atoms with Gasteiger partial charge in [0.25, 0.3) is 0 Å². The van der Waals surface area contributed by atoms with Crippen molar-refractivity contribution in [2.24, 2.45) is 0 Å². The third-order valence-electron chi connectivity index (χ3n) is 5.44. The number of phenolic OH excluding ortho intramolecular Hbond substituents is 1. The van der Waals surface area contributed by atoms with Gasteiger partial charge < -0.3 is 20.3 Å². The standard InChI is InChI=1S/C25H33ClN2O7S/c1-3-4-5-6-7-8-9-10-13-27-36(33,34)22-16-19(11-12-21(22)29)35-23-17(2)14-18(15-20(23)26)28-24(30)25(31)32/h11-12,14-16,27,29H,3-10,13H2,1-2H3,(H,28,30)(H,31,32). The molecule has 0 bridgehead atoms. The molecule has 0 fully saturated rings. The first-order valence-corrected chi connectivity index (χ1v) is 13.8. The van der Waals surface area contributed by atoms with Gasteiger partial charge >= 0.3 is 11.9 Å². The van der Waals surface area contributed by atoms with Crippen LogP contribution in [0.15, 0.2) is 35.2 Å². The molecule has 2 aromatic rings. The van der Waals surface area contributed by atoms with Gasteiger partial charge in [-0.1, -0.05) is 63.5 Å². The molecule has 9 nitrogen and oxygen atoms in total. The number of nitrogens with one attached hydrogen (secondary N) is 2. The van der Waals surface area contributed by atoms with Crippen molar-refractivity contribution >= 4 is 39.2 Å². The van der Waals surface area contributed by atoms with Crippen molar-refractivity contribution in [3.05, 3.63) is 40.9 Å². The summed E-state index contributed by atoms with van der Waals surface area (Å²) in [7, 11) is -3.98. The minimum atomic E-state index is -3.98. The number of amides is 1. The van der Waals surface area contributed by atoms with Gasteiger partial charge in [-0.25, -0.2) is 17.9 Å². The van der Waals surface area contributed by atoms with Gasteiger partial charge in [0, 0.05) is 18.3 Å². The van der Waals surface area contributed by atoms with Crippen LogP contribution in [0.5, 0.6) is 17.2 Å². The molecule has 0 aromatic heterocycles. The molecule has 0 aliphatic heterocycles. The van der Waals surface area contributed by atoms with E-state index in [0.717, 1.165) is 19.3 Å². The minimum Gasteiger partial charge on any atom is -0.507 e. The first-order chi connectivity index (χ1) is 17.0. The van der Waals surface area contributed by atoms with Gasteiger partial charge in [0.05, 0.1) is 5.02 Å². The van der Waals surface area contributed by atoms with Crippen LogP contribution in [0.1, 0.15) is 63.9 Å². The molecule has 0 unspecified atom stereocenters. The number of carbonyl (C=O) groups excluding carboxylic acids is 1. The largest absolute Gasteiger partial charge is 0.507 e. The number of phenols is 1. The molecule has 2 rings (SSSR count). The van der Waals surface area contributed by atoms with Gasteiger partial charge in [-0.05, 0) is 43.2 Å². The second-order valence-corrected chi connectivity index (χ2v) is 10.6. The van der Waals surface area contributed by atoms with E-state index in [0.29, 0.717) is 12.0 Å². The van der Waals surface area contributed by atoms with E-state index in [1.807, 2.05) is 0 Å². The van der Waals surface area contributed by atoms with Gasteiger partial charge in [-0.2, -0.15) is 0 Å². The second kappa shape index (κ2) is 14.1. The Labute approximate surface area is 216 Å². The average molecular weight is 541 g/mol. The van der Waals surface area contributed by atoms with Crippen molar-refractivity contribution in [1.82, 2.24) is 4.72 Å². The summed E-state index contributed by atoms with van der Waals surface area (Å²) in [5.41, 5.74) is 0.630. The Bertz CT molecular complexity index is 1150. The monoisotopic (exact) mass is 540 g/mol. The first kappa shape index (κ1) is 29.4. The third-order valence-corrected chi connectivity index (χ3v) is 7.22. The number of unbranched alkanes of at least 4 members (excludes halogenated alkanes) is 7. The number of hydrogen-bond acceptors (Lipinski definition) is 6. The summed E-state index contributed by atoms with van der Waals surface area (Å²) >= 11 is 6.25. The molecule has 36 heavy (non-hydrogen) atoms. The molecule has 0 radical (unpaired) electrons. The number of anilines is 1. The Morgan fingerprint density at radius 3 is 2.25 bits per heavy atom. The summed E-state index contributed by atoms with van der Waals surface area (Å²) in [5, 5.41) is 21.2. The number of carboxylic acid groups (broad SMARTS) is 1. The topological polar surface area (TPSA) is 142 Å². The van der Waals surface area contributed by atoms with E-state index in [9.17, 15) is 23.1 Å². The second-order valence-electron chi connectivity index (χ2n) is 8.47. The normalized spacial score (nSPS) is 11.3. The van der Waals surface area contributed by atoms with Gasteiger partial charge in [0.15, 0.2) is 0 Å². The predicted octanol–water partition coefficient (Wildman–Crippen LogP) is 5.59. The first-order valence-electron chi connectivity index (χ1n) is 11.9. The summed E-state index contributed by atoms with van der Waals surface area (Å²) in [6.07, 6.45) is 8.69. The molecule has 2 aromatic carbocycles. The molecule has 0 saturated carbocycles. The van der Waals surface area contributed by atoms with E-state index in [4.69, 9.17) is 21.4 Å². The minimum absolute atomic E-state index is 0.0704. The SMILES string of the molecule is CCCCCCCCCCNS(=O)(=O)c1cc(Oc2c(C)cc(NC(=O)C(=O)O)cc2Cl)ccc1O. The number of rotatable bonds is 14. The lowest BCUT2D eigenvalue weighted by molar-refractivity contribution is -0.147. The average Bonchev–Trinajstić information content (AvgIpc) is 2.81. The number of halogens is 1. The maximum atomic E-state index is 12.8. The highest BCUT2D eigenvalue weighted by Crippen LogP contribution is 2.37. The third kappa shape index (κ3) is 9.00. The van der Waals surface area contributed by atoms with Crippen LogP contribution in [0, 0.1) is 6.92 Å². The molecule has 0 heterocycles. The van der Waals surface area contributed by atoms with Crippen molar-refractivity contribution in [1.29, 1.82) is 0 Å². The number of aliphatic carboxylic acids is 1. The van der Waals surface area contributed by atoms with Gasteiger partial charge in [-0.15, -0.1) is 0 Å². The highest BCUT2D eigenvalue weighted by atomic mass is 35.5. The van der Waals surface area contributed by atoms with Gasteiger partial charge in [-0.3, -0.25) is 4.79 Å². The predicted molar refractivity (Wildman–Crippen MR) is 138 cm³/mol. The summed E-state index contributed by atoms with van der Waals surface area (Å²) < 4.78 is 33.8. The Morgan fingerprint density at radius 1 is 1.00 bits per heavy atom. The molecule has 0 saturated heterocycles. The molecular formula is C25H33ClN2O7S. The molecule has 4 N–H and O–H groups in total. The number of sulfonamides is 1. The lowest BCUT2D eigenvalue weighted by Crippen LogP contribution is -2.24. The molecule has 1 amide bonds. The summed E-state index contributed by atoms with van der Waals surface area (Å²) in [5.74, 6) is -2.97. The molecule has 0 aliphatic carbocycles. The zero-order chi connectivity index (χ0) is 26.7. The van der Waals surface area contributed by atoms with E-state index < -0.39 is 27.6 Å². The molecule has 11 heteroatoms. The number of aryl methyl sites for hydroxylation is 1. The van der Waals surface area contributed by atoms with E-state index >= 15 is 0 Å². The number of aromatic hydroxyl groups is 1. The summed E-state index contributed by atoms with van der Waals surface area (Å²) in [4.78, 5) is 21.8. The summed E-state index contributed by atoms with van der Waals surface area (Å²) in [6.45, 7) is 4.06. The Morgan fingerprint density at radius 2 is 1.64 bits per heavy atom. The fourth-order valence-corrected chi connectivity index (χ4v) is 5.04. The van der Waals surface area contributed by atoms with Crippen LogP contribution in [0.25, 0.3) is 0 Å². The van der Waals surface area contributed by atoms with Gasteiger partial charge in [0.1, 0.15) is 22.1 Å². The summed E-state index contributed by atoms with van der Waals surface area (Å²) in [6, 6.07) is 6.58. The number of carboxylic acids is 1. The molecule has 0 atom stereocenters. The quantitative estimate of drug-likeness (QED) is 0.181. The van der Waals surface area contributed by atoms with Crippen LogP contribution in [0.2, 0.25) is 5.02 Å². The maximum absolute atomic E-state index is 12.8. The lowest BCUT2D eigenvalue weighted by Gasteiger charge is -2.14. The number of hydrogen-bond donors (Lipinski definition) is 4. The lowest BCUT2D eigenvalue weighted by atomic mass is 10.1. The van der Waals surface area contributed by atoms with Crippen LogP contribution < -0.4 is 14.8 Å². The number of ether oxygens (including phenoxy) is 1. The van der Waals surface area contributed by atoms with Crippen LogP contribution in [0.4, 0.5) is 5.69 Å². The fourth-order valence-electron chi connectivity index (χ4n) is 3.55. The Kier molecular flexibility index (Phi) is 11.5. The van der Waals surface area contributed by atoms with Gasteiger partial charge in [0.2, 0.25) is 10.0 Å². The van der Waals surface area contributed by atoms with E-state index in [1.165, 1.54) is 56.0 Å². The van der Waals surface area contributed by atoms with Crippen LogP contribution in [-0.2, 0) is 19.6 Å². The Balaban J connectivity index is 2.03. The van der Waals surface area contributed by atoms with E-state index in [2.05, 4.69) is 17.0 Å². The van der Waals surface area contributed by atoms with Crippen molar-refractivity contribution in [2.75, 3.05) is 11.9 Å². The molecule has 0 aliphatic rings. The highest BCUT2D eigenvalue weighted by molar-refractivity contribution is 7.89. The Hall–Kier alpha value is -2.82. The van der Waals surface area contributed by atoms with Crippen molar-refractivity contribution in [3.63, 3.8) is 0 Å². The number of benzene rings is 2. The molecular weight excluding hydrogens is 508 g/mol. The zero-order valence-electron chi connectivity index (χ0n) is 20.5. The van der Waals surface area contributed by atoms with Crippen molar-refractivity contribution < 1.29 is 33.0 Å². The zero-order valence-corrected chi connectivity index (χ0v) is 22.0. The maximum Gasteiger partial charge on any atom is 0.394 e. The van der Waals surface area contributed by atoms with Crippen molar-refractivity contribution in [3.8, 4) is 17.2 Å². The van der Waals surface area contributed by atoms with Crippen LogP contribution >= 0.6 is 11.6 Å². The molecule has 0 spiro atoms. The van der Waals surface area contributed by atoms with E-state index in [1.54, 1.807) is 6.92 Å².